The zero-order chi connectivity index (χ0) is 22.6. The van der Waals surface area contributed by atoms with Crippen LogP contribution in [0.2, 0.25) is 0 Å². The lowest BCUT2D eigenvalue weighted by molar-refractivity contribution is -0.137. The molecule has 2 aromatic rings. The summed E-state index contributed by atoms with van der Waals surface area (Å²) in [6, 6.07) is 3.39. The Kier molecular flexibility index (Phi) is 5.58. The zero-order valence-electron chi connectivity index (χ0n) is 17.8. The molecule has 2 heterocycles. The Morgan fingerprint density at radius 1 is 1.32 bits per heavy atom. The highest BCUT2D eigenvalue weighted by Crippen LogP contribution is 2.48. The highest BCUT2D eigenvalue weighted by atomic mass is 32.1. The first-order valence-electron chi connectivity index (χ1n) is 10.4. The Hall–Kier alpha value is -2.06. The Bertz CT molecular complexity index is 1010. The van der Waals surface area contributed by atoms with Gasteiger partial charge >= 0.3 is 12.1 Å². The molecule has 1 atom stereocenters. The van der Waals surface area contributed by atoms with E-state index in [9.17, 15) is 23.1 Å². The third kappa shape index (κ3) is 4.46. The molecule has 1 saturated heterocycles. The molecule has 8 heteroatoms. The first kappa shape index (κ1) is 22.1. The fourth-order valence-electron chi connectivity index (χ4n) is 4.49. The summed E-state index contributed by atoms with van der Waals surface area (Å²) >= 11 is 1.30. The molecule has 1 aliphatic carbocycles. The molecule has 2 aliphatic rings. The number of aromatic carboxylic acids is 1. The summed E-state index contributed by atoms with van der Waals surface area (Å²) in [4.78, 5) is 15.7. The number of thiophene rings is 1. The van der Waals surface area contributed by atoms with Gasteiger partial charge in [0.05, 0.1) is 16.0 Å². The number of carbonyl (C=O) groups is 1. The topological polar surface area (TPSA) is 49.8 Å². The number of fused-ring (bicyclic) bond motifs is 1. The number of likely N-dealkylation sites (tertiary alicyclic amines) is 1. The molecular weight excluding hydrogens is 427 g/mol. The minimum atomic E-state index is -4.52. The maximum Gasteiger partial charge on any atom is 0.416 e. The number of hydrogen-bond acceptors (Lipinski definition) is 4. The van der Waals surface area contributed by atoms with Crippen molar-refractivity contribution in [1.82, 2.24) is 4.90 Å². The van der Waals surface area contributed by atoms with E-state index in [0.29, 0.717) is 23.6 Å². The molecule has 0 saturated carbocycles. The Balaban J connectivity index is 1.86. The monoisotopic (exact) mass is 453 g/mol. The molecule has 1 fully saturated rings. The number of carboxylic acid groups (broad SMARTS) is 1. The van der Waals surface area contributed by atoms with Crippen LogP contribution in [0.1, 0.15) is 53.1 Å². The number of ether oxygens (including phenoxy) is 1. The summed E-state index contributed by atoms with van der Waals surface area (Å²) in [6.07, 6.45) is -1.64. The number of alkyl halides is 3. The van der Waals surface area contributed by atoms with Gasteiger partial charge in [-0.15, -0.1) is 11.3 Å². The number of carboxylic acids is 1. The van der Waals surface area contributed by atoms with Gasteiger partial charge in [0.25, 0.3) is 0 Å². The molecule has 4 rings (SSSR count). The van der Waals surface area contributed by atoms with Gasteiger partial charge in [0.15, 0.2) is 0 Å². The number of rotatable bonds is 4. The standard InChI is InChI=1S/C23H26F3NO3S/c1-22(2)8-6-18-16(11-22)19(21(28)29)20(31-18)15-10-13(23(24,25)26)4-5-17(15)30-14-7-9-27(3)12-14/h4-5,10,14H,6-9,11-12H2,1-3H3,(H,28,29)/t14-/m0/s1. The molecule has 0 spiro atoms. The molecule has 1 aromatic heterocycles. The van der Waals surface area contributed by atoms with E-state index in [4.69, 9.17) is 4.74 Å². The number of halogens is 3. The second-order valence-corrected chi connectivity index (χ2v) is 10.5. The van der Waals surface area contributed by atoms with Crippen molar-refractivity contribution in [2.75, 3.05) is 20.1 Å². The van der Waals surface area contributed by atoms with Crippen LogP contribution in [0, 0.1) is 5.41 Å². The van der Waals surface area contributed by atoms with Gasteiger partial charge in [-0.3, -0.25) is 0 Å². The van der Waals surface area contributed by atoms with Crippen LogP contribution < -0.4 is 4.74 Å². The van der Waals surface area contributed by atoms with Crippen LogP contribution in [0.5, 0.6) is 5.75 Å². The van der Waals surface area contributed by atoms with Gasteiger partial charge in [-0.1, -0.05) is 13.8 Å². The molecule has 1 N–H and O–H groups in total. The quantitative estimate of drug-likeness (QED) is 0.642. The minimum Gasteiger partial charge on any atom is -0.488 e. The zero-order valence-corrected chi connectivity index (χ0v) is 18.6. The smallest absolute Gasteiger partial charge is 0.416 e. The van der Waals surface area contributed by atoms with Gasteiger partial charge in [0.2, 0.25) is 0 Å². The lowest BCUT2D eigenvalue weighted by Crippen LogP contribution is -2.22. The summed E-state index contributed by atoms with van der Waals surface area (Å²) in [6.45, 7) is 5.72. The molecule has 168 valence electrons. The highest BCUT2D eigenvalue weighted by Gasteiger charge is 2.36. The van der Waals surface area contributed by atoms with Crippen molar-refractivity contribution in [2.45, 2.75) is 51.8 Å². The average Bonchev–Trinajstić information content (AvgIpc) is 3.23. The molecule has 1 aliphatic heterocycles. The van der Waals surface area contributed by atoms with Gasteiger partial charge in [-0.25, -0.2) is 4.79 Å². The maximum absolute atomic E-state index is 13.5. The van der Waals surface area contributed by atoms with Gasteiger partial charge in [-0.05, 0) is 61.9 Å². The fourth-order valence-corrected chi connectivity index (χ4v) is 5.82. The Morgan fingerprint density at radius 2 is 2.06 bits per heavy atom. The van der Waals surface area contributed by atoms with Crippen molar-refractivity contribution < 1.29 is 27.8 Å². The van der Waals surface area contributed by atoms with E-state index in [2.05, 4.69) is 18.7 Å². The van der Waals surface area contributed by atoms with E-state index in [-0.39, 0.29) is 22.6 Å². The van der Waals surface area contributed by atoms with Gasteiger partial charge in [0.1, 0.15) is 11.9 Å². The second kappa shape index (κ2) is 7.81. The second-order valence-electron chi connectivity index (χ2n) is 9.35. The Morgan fingerprint density at radius 3 is 2.68 bits per heavy atom. The van der Waals surface area contributed by atoms with Crippen molar-refractivity contribution >= 4 is 17.3 Å². The summed E-state index contributed by atoms with van der Waals surface area (Å²) in [5, 5.41) is 10.0. The van der Waals surface area contributed by atoms with Crippen LogP contribution in [0.25, 0.3) is 10.4 Å². The van der Waals surface area contributed by atoms with E-state index in [1.165, 1.54) is 17.4 Å². The number of nitrogens with zero attached hydrogens (tertiary/aromatic N) is 1. The first-order valence-corrected chi connectivity index (χ1v) is 11.2. The number of benzene rings is 1. The van der Waals surface area contributed by atoms with Crippen LogP contribution in [0.3, 0.4) is 0 Å². The lowest BCUT2D eigenvalue weighted by atomic mass is 9.76. The number of hydrogen-bond donors (Lipinski definition) is 1. The summed E-state index contributed by atoms with van der Waals surface area (Å²) in [5.41, 5.74) is 0.255. The van der Waals surface area contributed by atoms with E-state index in [1.54, 1.807) is 0 Å². The molecular formula is C23H26F3NO3S. The largest absolute Gasteiger partial charge is 0.488 e. The first-order chi connectivity index (χ1) is 14.4. The van der Waals surface area contributed by atoms with E-state index >= 15 is 0 Å². The normalized spacial score (nSPS) is 21.2. The van der Waals surface area contributed by atoms with Gasteiger partial charge in [-0.2, -0.15) is 13.2 Å². The average molecular weight is 454 g/mol. The van der Waals surface area contributed by atoms with Crippen molar-refractivity contribution in [3.05, 3.63) is 39.8 Å². The molecule has 31 heavy (non-hydrogen) atoms. The number of aryl methyl sites for hydroxylation is 1. The highest BCUT2D eigenvalue weighted by molar-refractivity contribution is 7.16. The van der Waals surface area contributed by atoms with Gasteiger partial charge in [0, 0.05) is 23.5 Å². The van der Waals surface area contributed by atoms with Crippen LogP contribution in [-0.2, 0) is 19.0 Å². The minimum absolute atomic E-state index is 0.0445. The predicted molar refractivity (Wildman–Crippen MR) is 114 cm³/mol. The Labute approximate surface area is 183 Å². The predicted octanol–water partition coefficient (Wildman–Crippen LogP) is 5.73. The molecule has 4 nitrogen and oxygen atoms in total. The maximum atomic E-state index is 13.5. The van der Waals surface area contributed by atoms with Crippen LogP contribution in [0.15, 0.2) is 18.2 Å². The van der Waals surface area contributed by atoms with Crippen LogP contribution >= 0.6 is 11.3 Å². The molecule has 0 bridgehead atoms. The SMILES string of the molecule is CN1CC[C@H](Oc2ccc(C(F)(F)F)cc2-c2sc3c(c2C(=O)O)CC(C)(C)CC3)C1. The third-order valence-electron chi connectivity index (χ3n) is 6.18. The van der Waals surface area contributed by atoms with Crippen molar-refractivity contribution in [3.63, 3.8) is 0 Å². The van der Waals surface area contributed by atoms with Crippen molar-refractivity contribution in [1.29, 1.82) is 0 Å². The van der Waals surface area contributed by atoms with Crippen LogP contribution in [-0.4, -0.2) is 42.2 Å². The van der Waals surface area contributed by atoms with E-state index in [1.807, 2.05) is 7.05 Å². The van der Waals surface area contributed by atoms with E-state index in [0.717, 1.165) is 48.4 Å². The summed E-state index contributed by atoms with van der Waals surface area (Å²) < 4.78 is 46.6. The summed E-state index contributed by atoms with van der Waals surface area (Å²) in [5.74, 6) is -0.789. The third-order valence-corrected chi connectivity index (χ3v) is 7.51. The van der Waals surface area contributed by atoms with E-state index < -0.39 is 17.7 Å². The fraction of sp³-hybridized carbons (Fsp3) is 0.522. The summed E-state index contributed by atoms with van der Waals surface area (Å²) in [7, 11) is 1.97. The van der Waals surface area contributed by atoms with Gasteiger partial charge < -0.3 is 14.7 Å². The number of likely N-dealkylation sites (N-methyl/N-ethyl adjacent to an activating group) is 1. The molecule has 0 unspecified atom stereocenters. The van der Waals surface area contributed by atoms with Crippen molar-refractivity contribution in [2.24, 2.45) is 5.41 Å². The van der Waals surface area contributed by atoms with Crippen LogP contribution in [0.4, 0.5) is 13.2 Å². The molecule has 1 aromatic carbocycles. The lowest BCUT2D eigenvalue weighted by Gasteiger charge is -2.29. The van der Waals surface area contributed by atoms with Crippen molar-refractivity contribution in [3.8, 4) is 16.2 Å². The molecule has 0 amide bonds. The molecule has 0 radical (unpaired) electrons.